The van der Waals surface area contributed by atoms with E-state index in [4.69, 9.17) is 4.74 Å². The van der Waals surface area contributed by atoms with E-state index in [0.717, 1.165) is 37.6 Å². The summed E-state index contributed by atoms with van der Waals surface area (Å²) < 4.78 is 6.04. The van der Waals surface area contributed by atoms with Crippen LogP contribution in [0.1, 0.15) is 18.5 Å². The minimum absolute atomic E-state index is 0.0532. The molecule has 1 amide bonds. The molecule has 0 aliphatic carbocycles. The van der Waals surface area contributed by atoms with Gasteiger partial charge in [0, 0.05) is 31.7 Å². The number of aromatic nitrogens is 3. The maximum Gasteiger partial charge on any atom is 0.249 e. The molecule has 0 aromatic carbocycles. The van der Waals surface area contributed by atoms with E-state index in [2.05, 4.69) is 25.2 Å². The van der Waals surface area contributed by atoms with Crippen molar-refractivity contribution in [2.45, 2.75) is 31.6 Å². The Hall–Kier alpha value is -2.54. The van der Waals surface area contributed by atoms with Crippen LogP contribution >= 0.6 is 0 Å². The number of hydrogen-bond acceptors (Lipinski definition) is 6. The number of hydrogen-bond donors (Lipinski definition) is 1. The van der Waals surface area contributed by atoms with Crippen molar-refractivity contribution in [3.8, 4) is 0 Å². The van der Waals surface area contributed by atoms with E-state index in [-0.39, 0.29) is 18.1 Å². The molecule has 0 bridgehead atoms. The summed E-state index contributed by atoms with van der Waals surface area (Å²) >= 11 is 0. The van der Waals surface area contributed by atoms with E-state index in [1.165, 1.54) is 0 Å². The fourth-order valence-corrected chi connectivity index (χ4v) is 3.53. The average molecular weight is 339 g/mol. The van der Waals surface area contributed by atoms with Crippen molar-refractivity contribution in [1.82, 2.24) is 20.3 Å². The molecule has 0 spiro atoms. The van der Waals surface area contributed by atoms with Gasteiger partial charge in [-0.1, -0.05) is 6.07 Å². The first kappa shape index (κ1) is 16.0. The van der Waals surface area contributed by atoms with Crippen LogP contribution in [0, 0.1) is 5.92 Å². The number of rotatable bonds is 4. The van der Waals surface area contributed by atoms with Crippen LogP contribution in [0.4, 0.5) is 5.95 Å². The van der Waals surface area contributed by atoms with Crippen LogP contribution in [0.25, 0.3) is 0 Å². The van der Waals surface area contributed by atoms with Crippen molar-refractivity contribution in [1.29, 1.82) is 0 Å². The van der Waals surface area contributed by atoms with Gasteiger partial charge < -0.3 is 15.0 Å². The Labute approximate surface area is 146 Å². The number of carbonyl (C=O) groups is 1. The highest BCUT2D eigenvalue weighted by Gasteiger charge is 2.42. The third-order valence-electron chi connectivity index (χ3n) is 4.85. The third-order valence-corrected chi connectivity index (χ3v) is 4.85. The van der Waals surface area contributed by atoms with Gasteiger partial charge in [0.1, 0.15) is 6.10 Å². The molecule has 2 aromatic heterocycles. The van der Waals surface area contributed by atoms with Crippen molar-refractivity contribution in [3.63, 3.8) is 0 Å². The molecule has 0 unspecified atom stereocenters. The van der Waals surface area contributed by atoms with E-state index in [1.807, 2.05) is 24.3 Å². The molecule has 130 valence electrons. The number of piperidine rings is 1. The molecule has 2 saturated heterocycles. The van der Waals surface area contributed by atoms with Crippen molar-refractivity contribution in [2.24, 2.45) is 5.92 Å². The predicted molar refractivity (Wildman–Crippen MR) is 91.7 cm³/mol. The van der Waals surface area contributed by atoms with Gasteiger partial charge in [0.15, 0.2) is 0 Å². The smallest absolute Gasteiger partial charge is 0.249 e. The normalized spacial score (nSPS) is 25.4. The summed E-state index contributed by atoms with van der Waals surface area (Å²) in [6.07, 6.45) is 6.67. The lowest BCUT2D eigenvalue weighted by Gasteiger charge is -2.33. The minimum Gasteiger partial charge on any atom is -0.363 e. The molecule has 7 heteroatoms. The van der Waals surface area contributed by atoms with Crippen LogP contribution in [0.3, 0.4) is 0 Å². The van der Waals surface area contributed by atoms with E-state index in [1.54, 1.807) is 18.6 Å². The number of nitrogens with zero attached hydrogens (tertiary/aromatic N) is 4. The van der Waals surface area contributed by atoms with Crippen molar-refractivity contribution < 1.29 is 9.53 Å². The SMILES string of the molecule is O=C(NCc1ccccn1)[C@@H]1C[C@H]2CCN(c3ncccn3)C[C@H]2O1. The zero-order chi connectivity index (χ0) is 17.1. The topological polar surface area (TPSA) is 80.2 Å². The Kier molecular flexibility index (Phi) is 4.56. The first-order chi connectivity index (χ1) is 12.3. The summed E-state index contributed by atoms with van der Waals surface area (Å²) in [4.78, 5) is 27.4. The summed E-state index contributed by atoms with van der Waals surface area (Å²) in [7, 11) is 0. The Morgan fingerprint density at radius 2 is 2.04 bits per heavy atom. The molecule has 25 heavy (non-hydrogen) atoms. The molecule has 2 fully saturated rings. The molecule has 2 aliphatic rings. The molecule has 4 rings (SSSR count). The van der Waals surface area contributed by atoms with Gasteiger partial charge in [-0.05, 0) is 37.0 Å². The first-order valence-electron chi connectivity index (χ1n) is 8.64. The Morgan fingerprint density at radius 3 is 2.84 bits per heavy atom. The fraction of sp³-hybridized carbons (Fsp3) is 0.444. The highest BCUT2D eigenvalue weighted by atomic mass is 16.5. The molecule has 4 heterocycles. The van der Waals surface area contributed by atoms with Crippen molar-refractivity contribution in [2.75, 3.05) is 18.0 Å². The lowest BCUT2D eigenvalue weighted by atomic mass is 9.92. The Bertz CT molecular complexity index is 712. The zero-order valence-corrected chi connectivity index (χ0v) is 13.9. The summed E-state index contributed by atoms with van der Waals surface area (Å²) in [6, 6.07) is 7.48. The minimum atomic E-state index is -0.379. The number of carbonyl (C=O) groups excluding carboxylic acids is 1. The third kappa shape index (κ3) is 3.61. The van der Waals surface area contributed by atoms with Crippen LogP contribution in [0.15, 0.2) is 42.9 Å². The average Bonchev–Trinajstić information content (AvgIpc) is 3.11. The molecular formula is C18H21N5O2. The second-order valence-electron chi connectivity index (χ2n) is 6.48. The molecule has 1 N–H and O–H groups in total. The number of amides is 1. The van der Waals surface area contributed by atoms with Crippen LogP contribution in [-0.4, -0.2) is 46.2 Å². The standard InChI is InChI=1S/C18H21N5O2/c24-17(22-11-14-4-1-2-6-19-14)15-10-13-5-9-23(12-16(13)25-15)18-20-7-3-8-21-18/h1-4,6-8,13,15-16H,5,9-12H2,(H,22,24)/t13-,15+,16-/m1/s1. The highest BCUT2D eigenvalue weighted by molar-refractivity contribution is 5.81. The van der Waals surface area contributed by atoms with Gasteiger partial charge in [0.05, 0.1) is 18.3 Å². The number of nitrogens with one attached hydrogen (secondary N) is 1. The maximum absolute atomic E-state index is 12.4. The molecule has 2 aliphatic heterocycles. The second-order valence-corrected chi connectivity index (χ2v) is 6.48. The van der Waals surface area contributed by atoms with Crippen LogP contribution in [0.2, 0.25) is 0 Å². The summed E-state index contributed by atoms with van der Waals surface area (Å²) in [5.74, 6) is 1.10. The highest BCUT2D eigenvalue weighted by Crippen LogP contribution is 2.34. The number of fused-ring (bicyclic) bond motifs is 1. The number of pyridine rings is 1. The zero-order valence-electron chi connectivity index (χ0n) is 13.9. The van der Waals surface area contributed by atoms with Gasteiger partial charge in [0.2, 0.25) is 11.9 Å². The lowest BCUT2D eigenvalue weighted by molar-refractivity contribution is -0.132. The van der Waals surface area contributed by atoms with Gasteiger partial charge in [-0.25, -0.2) is 9.97 Å². The van der Waals surface area contributed by atoms with Gasteiger partial charge in [-0.2, -0.15) is 0 Å². The Balaban J connectivity index is 1.32. The molecular weight excluding hydrogens is 318 g/mol. The Morgan fingerprint density at radius 1 is 1.20 bits per heavy atom. The molecule has 3 atom stereocenters. The van der Waals surface area contributed by atoms with Crippen molar-refractivity contribution in [3.05, 3.63) is 48.5 Å². The molecule has 0 saturated carbocycles. The molecule has 7 nitrogen and oxygen atoms in total. The van der Waals surface area contributed by atoms with Crippen molar-refractivity contribution >= 4 is 11.9 Å². The molecule has 0 radical (unpaired) electrons. The van der Waals surface area contributed by atoms with Crippen LogP contribution < -0.4 is 10.2 Å². The first-order valence-corrected chi connectivity index (χ1v) is 8.64. The lowest BCUT2D eigenvalue weighted by Crippen LogP contribution is -2.43. The second kappa shape index (κ2) is 7.14. The summed E-state index contributed by atoms with van der Waals surface area (Å²) in [5, 5.41) is 2.93. The van der Waals surface area contributed by atoms with E-state index >= 15 is 0 Å². The largest absolute Gasteiger partial charge is 0.363 e. The van der Waals surface area contributed by atoms with E-state index < -0.39 is 0 Å². The quantitative estimate of drug-likeness (QED) is 0.901. The summed E-state index contributed by atoms with van der Waals surface area (Å²) in [6.45, 7) is 2.06. The maximum atomic E-state index is 12.4. The predicted octanol–water partition coefficient (Wildman–Crippen LogP) is 1.17. The van der Waals surface area contributed by atoms with Gasteiger partial charge in [-0.3, -0.25) is 9.78 Å². The molecule has 2 aromatic rings. The number of ether oxygens (including phenoxy) is 1. The van der Waals surface area contributed by atoms with Gasteiger partial charge >= 0.3 is 0 Å². The summed E-state index contributed by atoms with van der Waals surface area (Å²) in [5.41, 5.74) is 0.846. The van der Waals surface area contributed by atoms with Gasteiger partial charge in [-0.15, -0.1) is 0 Å². The van der Waals surface area contributed by atoms with Gasteiger partial charge in [0.25, 0.3) is 0 Å². The van der Waals surface area contributed by atoms with E-state index in [9.17, 15) is 4.79 Å². The monoisotopic (exact) mass is 339 g/mol. The van der Waals surface area contributed by atoms with Crippen LogP contribution in [0.5, 0.6) is 0 Å². The van der Waals surface area contributed by atoms with E-state index in [0.29, 0.717) is 12.5 Å². The van der Waals surface area contributed by atoms with Crippen LogP contribution in [-0.2, 0) is 16.1 Å². The number of anilines is 1. The fourth-order valence-electron chi connectivity index (χ4n) is 3.53.